The van der Waals surface area contributed by atoms with E-state index in [1.165, 1.54) is 6.07 Å². The zero-order valence-electron chi connectivity index (χ0n) is 16.1. The quantitative estimate of drug-likeness (QED) is 0.445. The molecule has 3 N–H and O–H groups in total. The van der Waals surface area contributed by atoms with Gasteiger partial charge in [0.25, 0.3) is 11.6 Å². The van der Waals surface area contributed by atoms with E-state index in [9.17, 15) is 14.9 Å². The Kier molecular flexibility index (Phi) is 6.27. The number of anilines is 2. The van der Waals surface area contributed by atoms with Gasteiger partial charge < -0.3 is 16.0 Å². The van der Waals surface area contributed by atoms with E-state index in [1.54, 1.807) is 12.1 Å². The van der Waals surface area contributed by atoms with Crippen molar-refractivity contribution in [3.05, 3.63) is 63.2 Å². The summed E-state index contributed by atoms with van der Waals surface area (Å²) < 4.78 is 0. The van der Waals surface area contributed by atoms with Gasteiger partial charge in [0.2, 0.25) is 0 Å². The van der Waals surface area contributed by atoms with E-state index in [2.05, 4.69) is 5.32 Å². The fraction of sp³-hybridized carbons (Fsp3) is 0.381. The first-order valence-corrected chi connectivity index (χ1v) is 9.75. The molecule has 1 fully saturated rings. The summed E-state index contributed by atoms with van der Waals surface area (Å²) >= 11 is 0. The maximum atomic E-state index is 12.8. The van der Waals surface area contributed by atoms with Crippen LogP contribution in [0.3, 0.4) is 0 Å². The van der Waals surface area contributed by atoms with Crippen LogP contribution in [0.2, 0.25) is 0 Å². The SMILES string of the molecule is Cl.Nc1ccc2c(c1)CCCC2NC(=O)c1ccc(N2CCCC2)c([N+](=O)[O-])c1. The lowest BCUT2D eigenvalue weighted by Gasteiger charge is -2.27. The number of carbonyl (C=O) groups is 1. The highest BCUT2D eigenvalue weighted by atomic mass is 35.5. The highest BCUT2D eigenvalue weighted by Gasteiger charge is 2.26. The van der Waals surface area contributed by atoms with Crippen LogP contribution in [0.15, 0.2) is 36.4 Å². The Hall–Kier alpha value is -2.80. The molecule has 0 radical (unpaired) electrons. The van der Waals surface area contributed by atoms with E-state index in [-0.39, 0.29) is 30.0 Å². The number of carbonyl (C=O) groups excluding carboxylic acids is 1. The Morgan fingerprint density at radius 3 is 2.62 bits per heavy atom. The van der Waals surface area contributed by atoms with Gasteiger partial charge in [0.05, 0.1) is 11.0 Å². The Morgan fingerprint density at radius 1 is 1.14 bits per heavy atom. The fourth-order valence-electron chi connectivity index (χ4n) is 4.26. The minimum Gasteiger partial charge on any atom is -0.399 e. The van der Waals surface area contributed by atoms with Gasteiger partial charge in [-0.25, -0.2) is 0 Å². The Labute approximate surface area is 175 Å². The second-order valence-corrected chi connectivity index (χ2v) is 7.53. The Bertz CT molecular complexity index is 928. The molecule has 4 rings (SSSR count). The molecular formula is C21H25ClN4O3. The molecule has 1 aliphatic heterocycles. The van der Waals surface area contributed by atoms with Gasteiger partial charge in [0.1, 0.15) is 5.69 Å². The summed E-state index contributed by atoms with van der Waals surface area (Å²) in [4.78, 5) is 26.0. The lowest BCUT2D eigenvalue weighted by atomic mass is 9.87. The number of amides is 1. The first kappa shape index (κ1) is 20.9. The number of nitrogen functional groups attached to an aromatic ring is 1. The number of rotatable bonds is 4. The van der Waals surface area contributed by atoms with Crippen LogP contribution in [0, 0.1) is 10.1 Å². The van der Waals surface area contributed by atoms with Crippen molar-refractivity contribution in [2.24, 2.45) is 0 Å². The zero-order valence-corrected chi connectivity index (χ0v) is 16.9. The molecule has 2 aromatic carbocycles. The molecule has 8 heteroatoms. The number of nitro groups is 1. The fourth-order valence-corrected chi connectivity index (χ4v) is 4.26. The van der Waals surface area contributed by atoms with Crippen LogP contribution >= 0.6 is 12.4 Å². The first-order chi connectivity index (χ1) is 13.5. The molecule has 1 amide bonds. The van der Waals surface area contributed by atoms with Crippen LogP contribution in [-0.4, -0.2) is 23.9 Å². The van der Waals surface area contributed by atoms with Crippen molar-refractivity contribution < 1.29 is 9.72 Å². The molecule has 0 bridgehead atoms. The molecule has 7 nitrogen and oxygen atoms in total. The molecule has 1 aliphatic carbocycles. The standard InChI is InChI=1S/C21H24N4O3.ClH/c22-16-7-8-17-14(12-16)4-3-5-18(17)23-21(26)15-6-9-19(20(13-15)25(27)28)24-10-1-2-11-24;/h6-9,12-13,18H,1-5,10-11,22H2,(H,23,26);1H. The number of hydrogen-bond acceptors (Lipinski definition) is 5. The van der Waals surface area contributed by atoms with Crippen LogP contribution in [-0.2, 0) is 6.42 Å². The molecule has 1 atom stereocenters. The predicted octanol–water partition coefficient (Wildman–Crippen LogP) is 4.01. The molecular weight excluding hydrogens is 392 g/mol. The topological polar surface area (TPSA) is 102 Å². The van der Waals surface area contributed by atoms with Gasteiger partial charge in [0, 0.05) is 30.4 Å². The molecule has 1 unspecified atom stereocenters. The third-order valence-electron chi connectivity index (χ3n) is 5.67. The van der Waals surface area contributed by atoms with Gasteiger partial charge in [-0.3, -0.25) is 14.9 Å². The van der Waals surface area contributed by atoms with Crippen LogP contribution in [0.25, 0.3) is 0 Å². The highest BCUT2D eigenvalue weighted by molar-refractivity contribution is 5.96. The molecule has 0 saturated carbocycles. The summed E-state index contributed by atoms with van der Waals surface area (Å²) in [5, 5.41) is 14.6. The average molecular weight is 417 g/mol. The molecule has 154 valence electrons. The summed E-state index contributed by atoms with van der Waals surface area (Å²) in [5.41, 5.74) is 9.74. The van der Waals surface area contributed by atoms with Gasteiger partial charge in [-0.05, 0) is 67.5 Å². The van der Waals surface area contributed by atoms with Crippen molar-refractivity contribution in [3.8, 4) is 0 Å². The third kappa shape index (κ3) is 4.29. The van der Waals surface area contributed by atoms with E-state index in [0.717, 1.165) is 62.0 Å². The molecule has 1 saturated heterocycles. The second kappa shape index (κ2) is 8.69. The van der Waals surface area contributed by atoms with Gasteiger partial charge in [0.15, 0.2) is 0 Å². The number of benzene rings is 2. The Balaban J connectivity index is 0.00000240. The van der Waals surface area contributed by atoms with Crippen LogP contribution in [0.4, 0.5) is 17.1 Å². The smallest absolute Gasteiger partial charge is 0.293 e. The predicted molar refractivity (Wildman–Crippen MR) is 116 cm³/mol. The number of aryl methyl sites for hydroxylation is 1. The zero-order chi connectivity index (χ0) is 19.7. The van der Waals surface area contributed by atoms with Crippen LogP contribution in [0.5, 0.6) is 0 Å². The summed E-state index contributed by atoms with van der Waals surface area (Å²) in [6.45, 7) is 1.63. The number of nitrogens with zero attached hydrogens (tertiary/aromatic N) is 2. The molecule has 2 aliphatic rings. The van der Waals surface area contributed by atoms with Gasteiger partial charge >= 0.3 is 0 Å². The minimum absolute atomic E-state index is 0. The van der Waals surface area contributed by atoms with Gasteiger partial charge in [-0.15, -0.1) is 12.4 Å². The number of nitro benzene ring substituents is 1. The lowest BCUT2D eigenvalue weighted by Crippen LogP contribution is -2.31. The maximum absolute atomic E-state index is 12.8. The highest BCUT2D eigenvalue weighted by Crippen LogP contribution is 2.33. The monoisotopic (exact) mass is 416 g/mol. The van der Waals surface area contributed by atoms with E-state index < -0.39 is 4.92 Å². The number of nitrogens with one attached hydrogen (secondary N) is 1. The number of halogens is 1. The van der Waals surface area contributed by atoms with Crippen molar-refractivity contribution >= 4 is 35.4 Å². The van der Waals surface area contributed by atoms with Crippen molar-refractivity contribution in [1.82, 2.24) is 5.32 Å². The van der Waals surface area contributed by atoms with E-state index in [4.69, 9.17) is 5.73 Å². The molecule has 0 aromatic heterocycles. The van der Waals surface area contributed by atoms with Gasteiger partial charge in [-0.2, -0.15) is 0 Å². The maximum Gasteiger partial charge on any atom is 0.293 e. The number of nitrogens with two attached hydrogens (primary N) is 1. The largest absolute Gasteiger partial charge is 0.399 e. The van der Waals surface area contributed by atoms with Crippen LogP contribution < -0.4 is 16.0 Å². The first-order valence-electron chi connectivity index (χ1n) is 9.75. The van der Waals surface area contributed by atoms with E-state index in [1.807, 2.05) is 23.1 Å². The second-order valence-electron chi connectivity index (χ2n) is 7.53. The number of hydrogen-bond donors (Lipinski definition) is 2. The average Bonchev–Trinajstić information content (AvgIpc) is 3.22. The van der Waals surface area contributed by atoms with Crippen LogP contribution in [0.1, 0.15) is 53.2 Å². The summed E-state index contributed by atoms with van der Waals surface area (Å²) in [7, 11) is 0. The molecule has 29 heavy (non-hydrogen) atoms. The van der Waals surface area contributed by atoms with Crippen molar-refractivity contribution in [3.63, 3.8) is 0 Å². The molecule has 1 heterocycles. The summed E-state index contributed by atoms with van der Waals surface area (Å²) in [6, 6.07) is 10.5. The summed E-state index contributed by atoms with van der Waals surface area (Å²) in [6.07, 6.45) is 4.82. The normalized spacial score (nSPS) is 17.9. The van der Waals surface area contributed by atoms with Crippen molar-refractivity contribution in [1.29, 1.82) is 0 Å². The number of fused-ring (bicyclic) bond motifs is 1. The molecule has 0 spiro atoms. The van der Waals surface area contributed by atoms with Crippen molar-refractivity contribution in [2.45, 2.75) is 38.1 Å². The summed E-state index contributed by atoms with van der Waals surface area (Å²) in [5.74, 6) is -0.286. The van der Waals surface area contributed by atoms with E-state index >= 15 is 0 Å². The molecule has 2 aromatic rings. The lowest BCUT2D eigenvalue weighted by molar-refractivity contribution is -0.384. The van der Waals surface area contributed by atoms with Crippen molar-refractivity contribution in [2.75, 3.05) is 23.7 Å². The Morgan fingerprint density at radius 2 is 1.90 bits per heavy atom. The van der Waals surface area contributed by atoms with E-state index in [0.29, 0.717) is 11.3 Å². The third-order valence-corrected chi connectivity index (χ3v) is 5.67. The minimum atomic E-state index is -0.400. The van der Waals surface area contributed by atoms with Gasteiger partial charge in [-0.1, -0.05) is 6.07 Å².